The largest absolute Gasteiger partial charge is 0.497 e. The van der Waals surface area contributed by atoms with Crippen LogP contribution in [0.4, 0.5) is 5.69 Å². The minimum atomic E-state index is -0.404. The zero-order valence-corrected chi connectivity index (χ0v) is 12.8. The molecule has 1 aromatic heterocycles. The summed E-state index contributed by atoms with van der Waals surface area (Å²) < 4.78 is 11.9. The number of carbonyl (C=O) groups is 1. The van der Waals surface area contributed by atoms with Gasteiger partial charge < -0.3 is 14.8 Å². The molecule has 0 atom stereocenters. The number of aromatic nitrogens is 2. The minimum absolute atomic E-state index is 0.170. The summed E-state index contributed by atoms with van der Waals surface area (Å²) in [5.74, 6) is 0.727. The lowest BCUT2D eigenvalue weighted by molar-refractivity contribution is 0.102. The normalized spacial score (nSPS) is 10.3. The van der Waals surface area contributed by atoms with Crippen molar-refractivity contribution >= 4 is 23.2 Å². The molecule has 0 aliphatic rings. The Balaban J connectivity index is 2.28. The van der Waals surface area contributed by atoms with Crippen LogP contribution in [-0.2, 0) is 6.54 Å². The molecule has 0 aliphatic carbocycles. The SMILES string of the molecule is CCn1cc(Cl)c(C(=O)Nc2cc(OC)ccc2OC)n1. The maximum absolute atomic E-state index is 12.3. The number of hydrogen-bond donors (Lipinski definition) is 1. The van der Waals surface area contributed by atoms with E-state index in [9.17, 15) is 4.79 Å². The molecule has 1 amide bonds. The monoisotopic (exact) mass is 309 g/mol. The summed E-state index contributed by atoms with van der Waals surface area (Å²) in [6, 6.07) is 5.12. The van der Waals surface area contributed by atoms with E-state index in [1.54, 1.807) is 36.2 Å². The quantitative estimate of drug-likeness (QED) is 0.922. The van der Waals surface area contributed by atoms with Gasteiger partial charge in [0, 0.05) is 18.8 Å². The zero-order valence-electron chi connectivity index (χ0n) is 12.0. The van der Waals surface area contributed by atoms with E-state index < -0.39 is 5.91 Å². The number of ether oxygens (including phenoxy) is 2. The number of rotatable bonds is 5. The van der Waals surface area contributed by atoms with Crippen LogP contribution in [-0.4, -0.2) is 29.9 Å². The number of benzene rings is 1. The van der Waals surface area contributed by atoms with Crippen LogP contribution in [0.2, 0.25) is 5.02 Å². The Hall–Kier alpha value is -2.21. The molecule has 0 aliphatic heterocycles. The number of amides is 1. The van der Waals surface area contributed by atoms with Crippen molar-refractivity contribution in [2.75, 3.05) is 19.5 Å². The highest BCUT2D eigenvalue weighted by Crippen LogP contribution is 2.29. The van der Waals surface area contributed by atoms with Gasteiger partial charge in [-0.3, -0.25) is 9.48 Å². The fraction of sp³-hybridized carbons (Fsp3) is 0.286. The molecular formula is C14H16ClN3O3. The fourth-order valence-corrected chi connectivity index (χ4v) is 2.04. The molecule has 2 rings (SSSR count). The topological polar surface area (TPSA) is 65.4 Å². The molecule has 0 unspecified atom stereocenters. The van der Waals surface area contributed by atoms with Gasteiger partial charge in [-0.25, -0.2) is 0 Å². The van der Waals surface area contributed by atoms with Crippen LogP contribution in [0.1, 0.15) is 17.4 Å². The third-order valence-electron chi connectivity index (χ3n) is 2.91. The van der Waals surface area contributed by atoms with Crippen LogP contribution in [0.15, 0.2) is 24.4 Å². The molecule has 6 nitrogen and oxygen atoms in total. The molecule has 0 radical (unpaired) electrons. The van der Waals surface area contributed by atoms with Crippen molar-refractivity contribution in [1.82, 2.24) is 9.78 Å². The summed E-state index contributed by atoms with van der Waals surface area (Å²) in [6.07, 6.45) is 1.61. The molecule has 0 fully saturated rings. The molecule has 7 heteroatoms. The Labute approximate surface area is 127 Å². The van der Waals surface area contributed by atoms with E-state index in [1.165, 1.54) is 7.11 Å². The summed E-state index contributed by atoms with van der Waals surface area (Å²) in [4.78, 5) is 12.3. The standard InChI is InChI=1S/C14H16ClN3O3/c1-4-18-8-10(15)13(17-18)14(19)16-11-7-9(20-2)5-6-12(11)21-3/h5-8H,4H2,1-3H3,(H,16,19). The highest BCUT2D eigenvalue weighted by atomic mass is 35.5. The second-order valence-corrected chi connectivity index (χ2v) is 4.61. The lowest BCUT2D eigenvalue weighted by Crippen LogP contribution is -2.14. The Bertz CT molecular complexity index is 655. The van der Waals surface area contributed by atoms with Gasteiger partial charge in [0.2, 0.25) is 0 Å². The van der Waals surface area contributed by atoms with Crippen molar-refractivity contribution in [3.63, 3.8) is 0 Å². The number of halogens is 1. The van der Waals surface area contributed by atoms with Gasteiger partial charge in [0.15, 0.2) is 5.69 Å². The van der Waals surface area contributed by atoms with Crippen LogP contribution in [0.5, 0.6) is 11.5 Å². The molecule has 1 N–H and O–H groups in total. The number of nitrogens with one attached hydrogen (secondary N) is 1. The van der Waals surface area contributed by atoms with E-state index in [0.717, 1.165) is 0 Å². The van der Waals surface area contributed by atoms with Crippen molar-refractivity contribution in [2.24, 2.45) is 0 Å². The number of hydrogen-bond acceptors (Lipinski definition) is 4. The van der Waals surface area contributed by atoms with Crippen LogP contribution < -0.4 is 14.8 Å². The highest BCUT2D eigenvalue weighted by molar-refractivity contribution is 6.34. The van der Waals surface area contributed by atoms with Gasteiger partial charge in [-0.1, -0.05) is 11.6 Å². The second kappa shape index (κ2) is 6.49. The Morgan fingerprint density at radius 1 is 1.38 bits per heavy atom. The lowest BCUT2D eigenvalue weighted by atomic mass is 10.2. The minimum Gasteiger partial charge on any atom is -0.497 e. The molecule has 1 heterocycles. The van der Waals surface area contributed by atoms with E-state index in [0.29, 0.717) is 28.8 Å². The Kier molecular flexibility index (Phi) is 4.70. The van der Waals surface area contributed by atoms with Gasteiger partial charge in [-0.15, -0.1) is 0 Å². The number of carbonyl (C=O) groups excluding carboxylic acids is 1. The Morgan fingerprint density at radius 2 is 2.14 bits per heavy atom. The van der Waals surface area contributed by atoms with Gasteiger partial charge in [0.05, 0.1) is 24.9 Å². The zero-order chi connectivity index (χ0) is 15.4. The maximum atomic E-state index is 12.3. The van der Waals surface area contributed by atoms with Gasteiger partial charge in [0.25, 0.3) is 5.91 Å². The smallest absolute Gasteiger partial charge is 0.277 e. The molecule has 0 saturated carbocycles. The second-order valence-electron chi connectivity index (χ2n) is 4.20. The van der Waals surface area contributed by atoms with Crippen molar-refractivity contribution in [3.8, 4) is 11.5 Å². The van der Waals surface area contributed by atoms with Crippen molar-refractivity contribution in [3.05, 3.63) is 35.1 Å². The summed E-state index contributed by atoms with van der Waals surface area (Å²) >= 11 is 6.02. The summed E-state index contributed by atoms with van der Waals surface area (Å²) in [6.45, 7) is 2.55. The highest BCUT2D eigenvalue weighted by Gasteiger charge is 2.17. The third-order valence-corrected chi connectivity index (χ3v) is 3.19. The van der Waals surface area contributed by atoms with Crippen molar-refractivity contribution in [2.45, 2.75) is 13.5 Å². The van der Waals surface area contributed by atoms with E-state index in [1.807, 2.05) is 6.92 Å². The van der Waals surface area contributed by atoms with Crippen LogP contribution in [0, 0.1) is 0 Å². The van der Waals surface area contributed by atoms with Gasteiger partial charge in [-0.05, 0) is 19.1 Å². The molecular weight excluding hydrogens is 294 g/mol. The first-order chi connectivity index (χ1) is 10.1. The van der Waals surface area contributed by atoms with E-state index in [2.05, 4.69) is 10.4 Å². The van der Waals surface area contributed by atoms with Crippen LogP contribution in [0.25, 0.3) is 0 Å². The number of nitrogens with zero attached hydrogens (tertiary/aromatic N) is 2. The maximum Gasteiger partial charge on any atom is 0.277 e. The van der Waals surface area contributed by atoms with Crippen molar-refractivity contribution in [1.29, 1.82) is 0 Å². The molecule has 112 valence electrons. The summed E-state index contributed by atoms with van der Waals surface area (Å²) in [7, 11) is 3.07. The van der Waals surface area contributed by atoms with Crippen LogP contribution >= 0.6 is 11.6 Å². The van der Waals surface area contributed by atoms with E-state index in [-0.39, 0.29) is 5.69 Å². The average Bonchev–Trinajstić information content (AvgIpc) is 2.88. The first-order valence-corrected chi connectivity index (χ1v) is 6.73. The van der Waals surface area contributed by atoms with Gasteiger partial charge in [0.1, 0.15) is 11.5 Å². The van der Waals surface area contributed by atoms with Crippen LogP contribution in [0.3, 0.4) is 0 Å². The molecule has 1 aromatic carbocycles. The number of methoxy groups -OCH3 is 2. The first-order valence-electron chi connectivity index (χ1n) is 6.35. The summed E-state index contributed by atoms with van der Waals surface area (Å²) in [5.41, 5.74) is 0.660. The Morgan fingerprint density at radius 3 is 2.71 bits per heavy atom. The predicted octanol–water partition coefficient (Wildman–Crippen LogP) is 2.83. The summed E-state index contributed by atoms with van der Waals surface area (Å²) in [5, 5.41) is 7.15. The molecule has 0 saturated heterocycles. The van der Waals surface area contributed by atoms with E-state index >= 15 is 0 Å². The first kappa shape index (κ1) is 15.2. The molecule has 0 bridgehead atoms. The lowest BCUT2D eigenvalue weighted by Gasteiger charge is -2.11. The average molecular weight is 310 g/mol. The molecule has 0 spiro atoms. The van der Waals surface area contributed by atoms with Crippen molar-refractivity contribution < 1.29 is 14.3 Å². The van der Waals surface area contributed by atoms with Gasteiger partial charge >= 0.3 is 0 Å². The molecule has 2 aromatic rings. The number of anilines is 1. The third kappa shape index (κ3) is 3.28. The fourth-order valence-electron chi connectivity index (χ4n) is 1.81. The number of aryl methyl sites for hydroxylation is 1. The molecule has 21 heavy (non-hydrogen) atoms. The predicted molar refractivity (Wildman–Crippen MR) is 80.4 cm³/mol. The van der Waals surface area contributed by atoms with E-state index in [4.69, 9.17) is 21.1 Å². The van der Waals surface area contributed by atoms with Gasteiger partial charge in [-0.2, -0.15) is 5.10 Å².